The number of sulfonamides is 1. The van der Waals surface area contributed by atoms with Gasteiger partial charge >= 0.3 is 0 Å². The number of thiophene rings is 1. The van der Waals surface area contributed by atoms with Crippen LogP contribution in [0.2, 0.25) is 0 Å². The number of hydrogen-bond donors (Lipinski definition) is 3. The monoisotopic (exact) mass is 599 g/mol. The molecule has 0 fully saturated rings. The predicted octanol–water partition coefficient (Wildman–Crippen LogP) is 4.36. The van der Waals surface area contributed by atoms with Crippen molar-refractivity contribution in [3.05, 3.63) is 112 Å². The van der Waals surface area contributed by atoms with E-state index in [2.05, 4.69) is 15.0 Å². The fourth-order valence-corrected chi connectivity index (χ4v) is 6.95. The van der Waals surface area contributed by atoms with Gasteiger partial charge in [-0.2, -0.15) is 11.3 Å². The lowest BCUT2D eigenvalue weighted by Gasteiger charge is -2.16. The lowest BCUT2D eigenvalue weighted by molar-refractivity contribution is 0.0941. The van der Waals surface area contributed by atoms with Crippen molar-refractivity contribution in [1.82, 2.24) is 24.4 Å². The summed E-state index contributed by atoms with van der Waals surface area (Å²) in [6, 6.07) is 18.8. The number of amides is 1. The standard InChI is InChI=1S/C30H29N7O3S2/c1-36-10-9-32-28(36)16-33-30(38)27-14-22-6-7-24(15-31)34-29(22)37(27)17-23-13-25(12-21-4-2-3-5-26(21)23)35-42(39,40)19-20-8-11-41-18-20/h2-14,18,35H,15-17,19,31H2,1H3,(H,33,38). The Morgan fingerprint density at radius 1 is 1.07 bits per heavy atom. The number of hydrogen-bond acceptors (Lipinski definition) is 7. The van der Waals surface area contributed by atoms with E-state index in [1.165, 1.54) is 11.3 Å². The minimum absolute atomic E-state index is 0.118. The number of nitrogens with zero attached hydrogens (tertiary/aromatic N) is 4. The third kappa shape index (κ3) is 5.77. The predicted molar refractivity (Wildman–Crippen MR) is 166 cm³/mol. The quantitative estimate of drug-likeness (QED) is 0.214. The first kappa shape index (κ1) is 27.6. The second-order valence-corrected chi connectivity index (χ2v) is 12.5. The molecule has 2 aromatic carbocycles. The number of fused-ring (bicyclic) bond motifs is 2. The number of rotatable bonds is 10. The third-order valence-corrected chi connectivity index (χ3v) is 9.05. The minimum atomic E-state index is -3.65. The van der Waals surface area contributed by atoms with E-state index in [1.54, 1.807) is 12.3 Å². The highest BCUT2D eigenvalue weighted by Gasteiger charge is 2.20. The number of aromatic nitrogens is 4. The van der Waals surface area contributed by atoms with Crippen molar-refractivity contribution in [1.29, 1.82) is 0 Å². The molecule has 0 aliphatic carbocycles. The van der Waals surface area contributed by atoms with Crippen molar-refractivity contribution < 1.29 is 13.2 Å². The van der Waals surface area contributed by atoms with Gasteiger partial charge in [0.15, 0.2) is 0 Å². The second-order valence-electron chi connectivity index (χ2n) is 10.0. The van der Waals surface area contributed by atoms with Gasteiger partial charge in [0.05, 0.1) is 24.5 Å². The summed E-state index contributed by atoms with van der Waals surface area (Å²) in [7, 11) is -1.78. The van der Waals surface area contributed by atoms with Crippen LogP contribution in [-0.2, 0) is 42.5 Å². The van der Waals surface area contributed by atoms with Gasteiger partial charge in [-0.05, 0) is 69.1 Å². The number of anilines is 1. The molecule has 0 radical (unpaired) electrons. The molecule has 214 valence electrons. The largest absolute Gasteiger partial charge is 0.344 e. The van der Waals surface area contributed by atoms with Gasteiger partial charge in [0.25, 0.3) is 5.91 Å². The molecule has 4 N–H and O–H groups in total. The molecular weight excluding hydrogens is 571 g/mol. The minimum Gasteiger partial charge on any atom is -0.344 e. The Morgan fingerprint density at radius 3 is 2.69 bits per heavy atom. The fraction of sp³-hybridized carbons (Fsp3) is 0.167. The number of carbonyl (C=O) groups excluding carboxylic acids is 1. The number of nitrogens with one attached hydrogen (secondary N) is 2. The van der Waals surface area contributed by atoms with E-state index in [-0.39, 0.29) is 31.3 Å². The van der Waals surface area contributed by atoms with Crippen LogP contribution in [0.3, 0.4) is 0 Å². The summed E-state index contributed by atoms with van der Waals surface area (Å²) < 4.78 is 32.5. The van der Waals surface area contributed by atoms with E-state index in [1.807, 2.05) is 87.7 Å². The van der Waals surface area contributed by atoms with Crippen LogP contribution in [-0.4, -0.2) is 33.4 Å². The molecule has 0 aliphatic heterocycles. The van der Waals surface area contributed by atoms with Gasteiger partial charge in [0, 0.05) is 37.1 Å². The van der Waals surface area contributed by atoms with Crippen LogP contribution in [0.4, 0.5) is 5.69 Å². The first-order valence-electron chi connectivity index (χ1n) is 13.3. The molecule has 42 heavy (non-hydrogen) atoms. The molecule has 0 saturated heterocycles. The van der Waals surface area contributed by atoms with Crippen molar-refractivity contribution >= 4 is 54.8 Å². The highest BCUT2D eigenvalue weighted by atomic mass is 32.2. The van der Waals surface area contributed by atoms with E-state index in [9.17, 15) is 13.2 Å². The maximum atomic E-state index is 13.5. The Balaban J connectivity index is 1.40. The molecule has 0 spiro atoms. The molecular formula is C30H29N7O3S2. The van der Waals surface area contributed by atoms with Gasteiger partial charge in [-0.25, -0.2) is 18.4 Å². The summed E-state index contributed by atoms with van der Waals surface area (Å²) in [5.41, 5.74) is 9.65. The summed E-state index contributed by atoms with van der Waals surface area (Å²) >= 11 is 1.46. The van der Waals surface area contributed by atoms with Crippen LogP contribution >= 0.6 is 11.3 Å². The van der Waals surface area contributed by atoms with E-state index in [4.69, 9.17) is 10.7 Å². The van der Waals surface area contributed by atoms with Crippen LogP contribution in [0.25, 0.3) is 21.8 Å². The first-order chi connectivity index (χ1) is 20.3. The van der Waals surface area contributed by atoms with E-state index in [0.29, 0.717) is 22.7 Å². The molecule has 0 bridgehead atoms. The van der Waals surface area contributed by atoms with Crippen molar-refractivity contribution in [2.75, 3.05) is 4.72 Å². The van der Waals surface area contributed by atoms with Crippen LogP contribution < -0.4 is 15.8 Å². The molecule has 0 unspecified atom stereocenters. The maximum Gasteiger partial charge on any atom is 0.268 e. The third-order valence-electron chi connectivity index (χ3n) is 7.06. The Kier molecular flexibility index (Phi) is 7.50. The maximum absolute atomic E-state index is 13.5. The molecule has 4 heterocycles. The zero-order chi connectivity index (χ0) is 29.3. The number of pyridine rings is 1. The number of aryl methyl sites for hydroxylation is 1. The summed E-state index contributed by atoms with van der Waals surface area (Å²) in [6.45, 7) is 0.790. The van der Waals surface area contributed by atoms with E-state index in [0.717, 1.165) is 33.1 Å². The van der Waals surface area contributed by atoms with Crippen LogP contribution in [0.5, 0.6) is 0 Å². The van der Waals surface area contributed by atoms with Crippen molar-refractivity contribution in [2.45, 2.75) is 25.4 Å². The molecule has 6 rings (SSSR count). The lowest BCUT2D eigenvalue weighted by atomic mass is 10.0. The Labute approximate surface area is 246 Å². The molecule has 1 amide bonds. The molecule has 0 aliphatic rings. The number of benzene rings is 2. The molecule has 10 nitrogen and oxygen atoms in total. The van der Waals surface area contributed by atoms with Crippen LogP contribution in [0.1, 0.15) is 33.1 Å². The molecule has 6 aromatic rings. The zero-order valence-electron chi connectivity index (χ0n) is 22.8. The highest BCUT2D eigenvalue weighted by Crippen LogP contribution is 2.28. The van der Waals surface area contributed by atoms with Crippen molar-refractivity contribution in [2.24, 2.45) is 12.8 Å². The van der Waals surface area contributed by atoms with Gasteiger partial charge in [0.2, 0.25) is 10.0 Å². The van der Waals surface area contributed by atoms with Crippen LogP contribution in [0.15, 0.2) is 83.8 Å². The Hall–Kier alpha value is -4.52. The number of imidazole rings is 1. The summed E-state index contributed by atoms with van der Waals surface area (Å²) in [5, 5.41) is 9.26. The van der Waals surface area contributed by atoms with Gasteiger partial charge in [0.1, 0.15) is 17.2 Å². The van der Waals surface area contributed by atoms with Crippen molar-refractivity contribution in [3.63, 3.8) is 0 Å². The Bertz CT molecular complexity index is 2010. The second kappa shape index (κ2) is 11.4. The summed E-state index contributed by atoms with van der Waals surface area (Å²) in [5.74, 6) is 0.331. The Morgan fingerprint density at radius 2 is 1.93 bits per heavy atom. The van der Waals surface area contributed by atoms with Crippen LogP contribution in [0, 0.1) is 0 Å². The van der Waals surface area contributed by atoms with Gasteiger partial charge in [-0.15, -0.1) is 0 Å². The smallest absolute Gasteiger partial charge is 0.268 e. The summed E-state index contributed by atoms with van der Waals surface area (Å²) in [6.07, 6.45) is 3.51. The highest BCUT2D eigenvalue weighted by molar-refractivity contribution is 7.91. The molecule has 4 aromatic heterocycles. The van der Waals surface area contributed by atoms with Gasteiger partial charge in [-0.1, -0.05) is 24.3 Å². The zero-order valence-corrected chi connectivity index (χ0v) is 24.5. The van der Waals surface area contributed by atoms with E-state index >= 15 is 0 Å². The van der Waals surface area contributed by atoms with Crippen molar-refractivity contribution in [3.8, 4) is 0 Å². The first-order valence-corrected chi connectivity index (χ1v) is 15.9. The SMILES string of the molecule is Cn1ccnc1CNC(=O)c1cc2ccc(CN)nc2n1Cc1cc(NS(=O)(=O)Cc2ccsc2)cc2ccccc12. The number of carbonyl (C=O) groups is 1. The van der Waals surface area contributed by atoms with E-state index < -0.39 is 10.0 Å². The average molecular weight is 600 g/mol. The van der Waals surface area contributed by atoms with Gasteiger partial charge in [-0.3, -0.25) is 9.52 Å². The topological polar surface area (TPSA) is 137 Å². The summed E-state index contributed by atoms with van der Waals surface area (Å²) in [4.78, 5) is 22.6. The normalized spacial score (nSPS) is 11.8. The molecule has 0 atom stereocenters. The average Bonchev–Trinajstić information content (AvgIpc) is 3.71. The molecule has 0 saturated carbocycles. The number of nitrogens with two attached hydrogens (primary N) is 1. The fourth-order valence-electron chi connectivity index (χ4n) is 5.00. The molecule has 12 heteroatoms. The lowest BCUT2D eigenvalue weighted by Crippen LogP contribution is -2.27. The van der Waals surface area contributed by atoms with Gasteiger partial charge < -0.3 is 20.2 Å².